The molecule has 2 aromatic carbocycles. The Morgan fingerprint density at radius 1 is 0.923 bits per heavy atom. The van der Waals surface area contributed by atoms with Gasteiger partial charge in [0.05, 0.1) is 6.61 Å². The third-order valence-electron chi connectivity index (χ3n) is 5.42. The van der Waals surface area contributed by atoms with Crippen molar-refractivity contribution in [2.75, 3.05) is 32.2 Å². The SMILES string of the molecule is CN.COCCN(c1ccc(C2CC2)cc1)c1ccc2c(c1)CCCC2. The van der Waals surface area contributed by atoms with Crippen LogP contribution >= 0.6 is 0 Å². The highest BCUT2D eigenvalue weighted by Crippen LogP contribution is 2.41. The average Bonchev–Trinajstić information content (AvgIpc) is 3.55. The molecular formula is C23H32N2O. The van der Waals surface area contributed by atoms with Crippen LogP contribution in [0.2, 0.25) is 0 Å². The van der Waals surface area contributed by atoms with Crippen molar-refractivity contribution < 1.29 is 4.74 Å². The number of nitrogens with zero attached hydrogens (tertiary/aromatic N) is 1. The number of anilines is 2. The van der Waals surface area contributed by atoms with Crippen molar-refractivity contribution >= 4 is 11.4 Å². The Balaban J connectivity index is 0.000000948. The van der Waals surface area contributed by atoms with Crippen molar-refractivity contribution in [1.82, 2.24) is 0 Å². The first kappa shape index (κ1) is 18.9. The van der Waals surface area contributed by atoms with Gasteiger partial charge in [-0.05, 0) is 92.4 Å². The van der Waals surface area contributed by atoms with Gasteiger partial charge in [0.25, 0.3) is 0 Å². The quantitative estimate of drug-likeness (QED) is 0.811. The van der Waals surface area contributed by atoms with E-state index in [1.54, 1.807) is 12.7 Å². The van der Waals surface area contributed by atoms with Crippen LogP contribution in [0.25, 0.3) is 0 Å². The topological polar surface area (TPSA) is 38.5 Å². The van der Waals surface area contributed by atoms with Crippen molar-refractivity contribution in [3.63, 3.8) is 0 Å². The number of methoxy groups -OCH3 is 1. The number of ether oxygens (including phenoxy) is 1. The van der Waals surface area contributed by atoms with E-state index < -0.39 is 0 Å². The van der Waals surface area contributed by atoms with Crippen molar-refractivity contribution in [2.24, 2.45) is 5.73 Å². The maximum atomic E-state index is 5.36. The molecule has 4 rings (SSSR count). The maximum absolute atomic E-state index is 5.36. The monoisotopic (exact) mass is 352 g/mol. The minimum absolute atomic E-state index is 0.738. The van der Waals surface area contributed by atoms with Crippen LogP contribution in [0, 0.1) is 0 Å². The molecule has 0 saturated heterocycles. The number of rotatable bonds is 6. The zero-order valence-electron chi connectivity index (χ0n) is 16.2. The van der Waals surface area contributed by atoms with Crippen LogP contribution in [-0.4, -0.2) is 27.3 Å². The Morgan fingerprint density at radius 2 is 1.58 bits per heavy atom. The van der Waals surface area contributed by atoms with Crippen LogP contribution < -0.4 is 10.6 Å². The predicted octanol–water partition coefficient (Wildman–Crippen LogP) is 4.80. The fourth-order valence-corrected chi connectivity index (χ4v) is 3.82. The molecule has 2 aromatic rings. The van der Waals surface area contributed by atoms with Gasteiger partial charge in [0.15, 0.2) is 0 Å². The lowest BCUT2D eigenvalue weighted by molar-refractivity contribution is 0.207. The van der Waals surface area contributed by atoms with Crippen LogP contribution in [0.1, 0.15) is 48.3 Å². The molecule has 1 fully saturated rings. The summed E-state index contributed by atoms with van der Waals surface area (Å²) in [5, 5.41) is 0. The lowest BCUT2D eigenvalue weighted by atomic mass is 9.91. The zero-order valence-corrected chi connectivity index (χ0v) is 16.2. The summed E-state index contributed by atoms with van der Waals surface area (Å²) in [6, 6.07) is 16.2. The maximum Gasteiger partial charge on any atom is 0.0642 e. The molecule has 1 saturated carbocycles. The molecule has 0 heterocycles. The summed E-state index contributed by atoms with van der Waals surface area (Å²) < 4.78 is 5.36. The number of hydrogen-bond donors (Lipinski definition) is 1. The van der Waals surface area contributed by atoms with Crippen molar-refractivity contribution in [1.29, 1.82) is 0 Å². The molecule has 140 valence electrons. The van der Waals surface area contributed by atoms with Gasteiger partial charge >= 0.3 is 0 Å². The van der Waals surface area contributed by atoms with E-state index in [1.807, 2.05) is 0 Å². The lowest BCUT2D eigenvalue weighted by Crippen LogP contribution is -2.22. The molecule has 0 amide bonds. The Bertz CT molecular complexity index is 692. The molecule has 0 radical (unpaired) electrons. The molecule has 2 N–H and O–H groups in total. The van der Waals surface area contributed by atoms with Gasteiger partial charge in [-0.15, -0.1) is 0 Å². The lowest BCUT2D eigenvalue weighted by Gasteiger charge is -2.27. The van der Waals surface area contributed by atoms with E-state index in [0.29, 0.717) is 0 Å². The van der Waals surface area contributed by atoms with Crippen LogP contribution in [0.15, 0.2) is 42.5 Å². The van der Waals surface area contributed by atoms with E-state index in [-0.39, 0.29) is 0 Å². The van der Waals surface area contributed by atoms with Gasteiger partial charge in [0, 0.05) is 25.0 Å². The van der Waals surface area contributed by atoms with Gasteiger partial charge in [-0.25, -0.2) is 0 Å². The summed E-state index contributed by atoms with van der Waals surface area (Å²) in [7, 11) is 3.28. The van der Waals surface area contributed by atoms with E-state index in [4.69, 9.17) is 4.74 Å². The van der Waals surface area contributed by atoms with E-state index in [0.717, 1.165) is 19.1 Å². The normalized spacial score (nSPS) is 15.7. The first-order valence-electron chi connectivity index (χ1n) is 9.91. The summed E-state index contributed by atoms with van der Waals surface area (Å²) in [5.41, 5.74) is 11.6. The molecule has 0 unspecified atom stereocenters. The summed E-state index contributed by atoms with van der Waals surface area (Å²) >= 11 is 0. The van der Waals surface area contributed by atoms with Crippen LogP contribution in [0.4, 0.5) is 11.4 Å². The van der Waals surface area contributed by atoms with Gasteiger partial charge < -0.3 is 15.4 Å². The van der Waals surface area contributed by atoms with E-state index in [9.17, 15) is 0 Å². The highest BCUT2D eigenvalue weighted by Gasteiger charge is 2.23. The summed E-state index contributed by atoms with van der Waals surface area (Å²) in [5.74, 6) is 0.815. The third kappa shape index (κ3) is 4.46. The molecule has 0 bridgehead atoms. The Labute approximate surface area is 158 Å². The molecule has 0 aromatic heterocycles. The zero-order chi connectivity index (χ0) is 18.4. The number of aryl methyl sites for hydroxylation is 2. The molecule has 26 heavy (non-hydrogen) atoms. The Hall–Kier alpha value is -1.84. The van der Waals surface area contributed by atoms with Crippen LogP contribution in [-0.2, 0) is 17.6 Å². The van der Waals surface area contributed by atoms with Crippen LogP contribution in [0.3, 0.4) is 0 Å². The first-order chi connectivity index (χ1) is 12.8. The van der Waals surface area contributed by atoms with Crippen molar-refractivity contribution in [2.45, 2.75) is 44.4 Å². The second-order valence-corrected chi connectivity index (χ2v) is 7.17. The van der Waals surface area contributed by atoms with E-state index in [1.165, 1.54) is 68.1 Å². The molecule has 2 aliphatic rings. The summed E-state index contributed by atoms with van der Waals surface area (Å²) in [6.07, 6.45) is 7.84. The first-order valence-corrected chi connectivity index (χ1v) is 9.91. The molecule has 0 spiro atoms. The van der Waals surface area contributed by atoms with Crippen LogP contribution in [0.5, 0.6) is 0 Å². The largest absolute Gasteiger partial charge is 0.383 e. The Kier molecular flexibility index (Phi) is 6.70. The number of benzene rings is 2. The van der Waals surface area contributed by atoms with Gasteiger partial charge in [0.2, 0.25) is 0 Å². The smallest absolute Gasteiger partial charge is 0.0642 e. The third-order valence-corrected chi connectivity index (χ3v) is 5.42. The van der Waals surface area contributed by atoms with Crippen molar-refractivity contribution in [3.8, 4) is 0 Å². The highest BCUT2D eigenvalue weighted by molar-refractivity contribution is 5.65. The molecule has 3 nitrogen and oxygen atoms in total. The molecule has 0 aliphatic heterocycles. The van der Waals surface area contributed by atoms with E-state index >= 15 is 0 Å². The highest BCUT2D eigenvalue weighted by atomic mass is 16.5. The van der Waals surface area contributed by atoms with Crippen molar-refractivity contribution in [3.05, 3.63) is 59.2 Å². The second-order valence-electron chi connectivity index (χ2n) is 7.17. The molecular weight excluding hydrogens is 320 g/mol. The fourth-order valence-electron chi connectivity index (χ4n) is 3.82. The van der Waals surface area contributed by atoms with Gasteiger partial charge in [0.1, 0.15) is 0 Å². The number of nitrogens with two attached hydrogens (primary N) is 1. The summed E-state index contributed by atoms with van der Waals surface area (Å²) in [4.78, 5) is 2.40. The molecule has 3 heteroatoms. The summed E-state index contributed by atoms with van der Waals surface area (Å²) in [6.45, 7) is 1.62. The molecule has 2 aliphatic carbocycles. The van der Waals surface area contributed by atoms with E-state index in [2.05, 4.69) is 53.1 Å². The standard InChI is InChI=1S/C22H27NO.CH5N/c1-24-15-14-23(21-11-8-19(9-12-21)18-6-7-18)22-13-10-17-4-2-3-5-20(17)16-22;1-2/h8-13,16,18H,2-7,14-15H2,1H3;2H2,1H3. The van der Waals surface area contributed by atoms with Gasteiger partial charge in [-0.3, -0.25) is 0 Å². The minimum Gasteiger partial charge on any atom is -0.383 e. The number of hydrogen-bond acceptors (Lipinski definition) is 3. The number of fused-ring (bicyclic) bond motifs is 1. The van der Waals surface area contributed by atoms with Gasteiger partial charge in [-0.1, -0.05) is 18.2 Å². The predicted molar refractivity (Wildman–Crippen MR) is 110 cm³/mol. The second kappa shape index (κ2) is 9.20. The molecule has 0 atom stereocenters. The van der Waals surface area contributed by atoms with Gasteiger partial charge in [-0.2, -0.15) is 0 Å². The fraction of sp³-hybridized carbons (Fsp3) is 0.478. The average molecular weight is 353 g/mol. The minimum atomic E-state index is 0.738. The Morgan fingerprint density at radius 3 is 2.23 bits per heavy atom.